The van der Waals surface area contributed by atoms with Crippen LogP contribution in [0.15, 0.2) is 16.8 Å². The lowest BCUT2D eigenvalue weighted by Gasteiger charge is -2.13. The Hall–Kier alpha value is -0.440. The predicted octanol–water partition coefficient (Wildman–Crippen LogP) is 2.39. The summed E-state index contributed by atoms with van der Waals surface area (Å²) < 4.78 is 0. The van der Waals surface area contributed by atoms with Crippen molar-refractivity contribution in [2.24, 2.45) is 5.16 Å². The number of thioether (sulfide) groups is 1. The predicted molar refractivity (Wildman–Crippen MR) is 47.2 cm³/mol. The third kappa shape index (κ3) is 1.43. The van der Waals surface area contributed by atoms with Gasteiger partial charge < -0.3 is 5.21 Å². The fraction of sp³-hybridized carbons (Fsp3) is 0.625. The van der Waals surface area contributed by atoms with Crippen LogP contribution in [0.2, 0.25) is 0 Å². The normalized spacial score (nSPS) is 33.6. The third-order valence-electron chi connectivity index (χ3n) is 2.25. The molecule has 60 valence electrons. The summed E-state index contributed by atoms with van der Waals surface area (Å²) in [6.45, 7) is 0. The van der Waals surface area contributed by atoms with E-state index in [2.05, 4.69) is 11.2 Å². The van der Waals surface area contributed by atoms with Crippen LogP contribution in [0.25, 0.3) is 0 Å². The molecule has 3 heteroatoms. The zero-order valence-corrected chi connectivity index (χ0v) is 7.10. The number of hydrogen-bond donors (Lipinski definition) is 1. The Kier molecular flexibility index (Phi) is 1.90. The molecule has 2 bridgehead atoms. The van der Waals surface area contributed by atoms with E-state index in [0.717, 1.165) is 11.5 Å². The highest BCUT2D eigenvalue weighted by Crippen LogP contribution is 2.36. The smallest absolute Gasteiger partial charge is 0.117 e. The van der Waals surface area contributed by atoms with Gasteiger partial charge in [-0.3, -0.25) is 0 Å². The zero-order valence-electron chi connectivity index (χ0n) is 6.29. The summed E-state index contributed by atoms with van der Waals surface area (Å²) in [4.78, 5) is 0. The second kappa shape index (κ2) is 2.89. The van der Waals surface area contributed by atoms with E-state index in [0.29, 0.717) is 5.25 Å². The molecular weight excluding hydrogens is 158 g/mol. The number of hydrogen-bond acceptors (Lipinski definition) is 3. The molecule has 2 nitrogen and oxygen atoms in total. The zero-order chi connectivity index (χ0) is 7.68. The number of rotatable bonds is 0. The molecule has 0 spiro atoms. The number of nitrogens with zero attached hydrogens (tertiary/aromatic N) is 1. The van der Waals surface area contributed by atoms with Crippen LogP contribution in [0.1, 0.15) is 25.7 Å². The molecular formula is C8H11NOS. The minimum atomic E-state index is 0.673. The summed E-state index contributed by atoms with van der Waals surface area (Å²) in [5.41, 5.74) is 1.46. The Balaban J connectivity index is 2.22. The SMILES string of the molecule is O/N=C1/CC2=CCC(CC2)S1. The van der Waals surface area contributed by atoms with Crippen LogP contribution in [0.3, 0.4) is 0 Å². The summed E-state index contributed by atoms with van der Waals surface area (Å²) in [5.74, 6) is 0. The highest BCUT2D eigenvalue weighted by atomic mass is 32.2. The van der Waals surface area contributed by atoms with Gasteiger partial charge >= 0.3 is 0 Å². The highest BCUT2D eigenvalue weighted by Gasteiger charge is 2.23. The van der Waals surface area contributed by atoms with Gasteiger partial charge in [-0.25, -0.2) is 0 Å². The van der Waals surface area contributed by atoms with E-state index in [-0.39, 0.29) is 0 Å². The van der Waals surface area contributed by atoms with Crippen LogP contribution in [0.5, 0.6) is 0 Å². The van der Waals surface area contributed by atoms with Gasteiger partial charge in [0.25, 0.3) is 0 Å². The van der Waals surface area contributed by atoms with Gasteiger partial charge in [-0.1, -0.05) is 16.8 Å². The summed E-state index contributed by atoms with van der Waals surface area (Å²) in [6, 6.07) is 0. The van der Waals surface area contributed by atoms with Crippen molar-refractivity contribution in [2.75, 3.05) is 0 Å². The molecule has 3 aliphatic rings. The van der Waals surface area contributed by atoms with Gasteiger partial charge in [-0.2, -0.15) is 0 Å². The first-order chi connectivity index (χ1) is 5.38. The maximum Gasteiger partial charge on any atom is 0.117 e. The lowest BCUT2D eigenvalue weighted by molar-refractivity contribution is 0.320. The molecule has 1 atom stereocenters. The molecule has 1 N–H and O–H groups in total. The molecule has 2 aliphatic heterocycles. The Bertz CT molecular complexity index is 222. The molecule has 1 aliphatic carbocycles. The van der Waals surface area contributed by atoms with Crippen LogP contribution in [-0.4, -0.2) is 15.5 Å². The molecule has 2 heterocycles. The van der Waals surface area contributed by atoms with Crippen LogP contribution < -0.4 is 0 Å². The molecule has 1 unspecified atom stereocenters. The average molecular weight is 169 g/mol. The Morgan fingerprint density at radius 2 is 2.55 bits per heavy atom. The van der Waals surface area contributed by atoms with Crippen molar-refractivity contribution in [3.05, 3.63) is 11.6 Å². The molecule has 0 aromatic heterocycles. The van der Waals surface area contributed by atoms with Crippen molar-refractivity contribution in [3.8, 4) is 0 Å². The van der Waals surface area contributed by atoms with Crippen LogP contribution in [-0.2, 0) is 0 Å². The number of oxime groups is 1. The van der Waals surface area contributed by atoms with Crippen molar-refractivity contribution < 1.29 is 5.21 Å². The van der Waals surface area contributed by atoms with Crippen LogP contribution in [0.4, 0.5) is 0 Å². The lowest BCUT2D eigenvalue weighted by atomic mass is 9.98. The van der Waals surface area contributed by atoms with Gasteiger partial charge in [0.2, 0.25) is 0 Å². The quantitative estimate of drug-likeness (QED) is 0.343. The minimum Gasteiger partial charge on any atom is -0.410 e. The molecule has 0 amide bonds. The third-order valence-corrected chi connectivity index (χ3v) is 3.51. The number of allylic oxidation sites excluding steroid dienone is 2. The van der Waals surface area contributed by atoms with Gasteiger partial charge in [0.15, 0.2) is 0 Å². The molecule has 0 aromatic rings. The molecule has 1 saturated heterocycles. The van der Waals surface area contributed by atoms with Gasteiger partial charge in [-0.15, -0.1) is 11.8 Å². The maximum atomic E-state index is 8.62. The molecule has 11 heavy (non-hydrogen) atoms. The van der Waals surface area contributed by atoms with Gasteiger partial charge in [0.05, 0.1) is 0 Å². The Labute approximate surface area is 70.4 Å². The van der Waals surface area contributed by atoms with Crippen molar-refractivity contribution in [1.82, 2.24) is 0 Å². The monoisotopic (exact) mass is 169 g/mol. The number of fused-ring (bicyclic) bond motifs is 4. The summed E-state index contributed by atoms with van der Waals surface area (Å²) >= 11 is 1.74. The lowest BCUT2D eigenvalue weighted by Crippen LogP contribution is -2.03. The standard InChI is InChI=1S/C8H11NOS/c10-9-8-5-6-1-3-7(11-8)4-2-6/h1,7,10H,2-5H2/b9-8-. The molecule has 3 rings (SSSR count). The van der Waals surface area contributed by atoms with Crippen molar-refractivity contribution in [3.63, 3.8) is 0 Å². The second-order valence-corrected chi connectivity index (χ2v) is 4.42. The first kappa shape index (κ1) is 7.22. The molecule has 0 aromatic carbocycles. The molecule has 0 radical (unpaired) electrons. The fourth-order valence-electron chi connectivity index (χ4n) is 1.62. The Morgan fingerprint density at radius 3 is 3.18 bits per heavy atom. The van der Waals surface area contributed by atoms with Crippen molar-refractivity contribution >= 4 is 16.8 Å². The second-order valence-electron chi connectivity index (χ2n) is 3.05. The fourth-order valence-corrected chi connectivity index (χ4v) is 2.75. The van der Waals surface area contributed by atoms with E-state index >= 15 is 0 Å². The molecule has 1 fully saturated rings. The minimum absolute atomic E-state index is 0.673. The van der Waals surface area contributed by atoms with E-state index in [4.69, 9.17) is 5.21 Å². The van der Waals surface area contributed by atoms with Gasteiger partial charge in [0.1, 0.15) is 5.04 Å². The topological polar surface area (TPSA) is 32.6 Å². The Morgan fingerprint density at radius 1 is 1.64 bits per heavy atom. The largest absolute Gasteiger partial charge is 0.410 e. The van der Waals surface area contributed by atoms with Crippen molar-refractivity contribution in [2.45, 2.75) is 30.9 Å². The van der Waals surface area contributed by atoms with E-state index in [9.17, 15) is 0 Å². The summed E-state index contributed by atoms with van der Waals surface area (Å²) in [7, 11) is 0. The first-order valence-corrected chi connectivity index (χ1v) is 4.82. The van der Waals surface area contributed by atoms with E-state index < -0.39 is 0 Å². The first-order valence-electron chi connectivity index (χ1n) is 3.94. The average Bonchev–Trinajstić information content (AvgIpc) is 2.35. The van der Waals surface area contributed by atoms with E-state index in [1.807, 2.05) is 0 Å². The van der Waals surface area contributed by atoms with Crippen LogP contribution >= 0.6 is 11.8 Å². The molecule has 0 saturated carbocycles. The summed E-state index contributed by atoms with van der Waals surface area (Å²) in [5, 5.41) is 13.5. The highest BCUT2D eigenvalue weighted by molar-refractivity contribution is 8.14. The van der Waals surface area contributed by atoms with E-state index in [1.165, 1.54) is 24.8 Å². The van der Waals surface area contributed by atoms with Gasteiger partial charge in [0, 0.05) is 11.7 Å². The van der Waals surface area contributed by atoms with E-state index in [1.54, 1.807) is 11.8 Å². The maximum absolute atomic E-state index is 8.62. The van der Waals surface area contributed by atoms with Gasteiger partial charge in [-0.05, 0) is 19.3 Å². The summed E-state index contributed by atoms with van der Waals surface area (Å²) in [6.07, 6.45) is 6.82. The van der Waals surface area contributed by atoms with Crippen LogP contribution in [0, 0.1) is 0 Å². The van der Waals surface area contributed by atoms with Crippen molar-refractivity contribution in [1.29, 1.82) is 0 Å².